The summed E-state index contributed by atoms with van der Waals surface area (Å²) in [7, 11) is 0. The second kappa shape index (κ2) is 6.73. The van der Waals surface area contributed by atoms with E-state index in [9.17, 15) is 14.7 Å². The van der Waals surface area contributed by atoms with Gasteiger partial charge in [0.05, 0.1) is 6.61 Å². The number of aromatic nitrogens is 2. The zero-order valence-electron chi connectivity index (χ0n) is 11.6. The van der Waals surface area contributed by atoms with E-state index in [2.05, 4.69) is 4.98 Å². The molecular formula is C12H16N2O5S2. The average molecular weight is 332 g/mol. The second-order valence-corrected chi connectivity index (χ2v) is 6.04. The Balaban J connectivity index is 2.23. The van der Waals surface area contributed by atoms with Gasteiger partial charge >= 0.3 is 5.69 Å². The predicted molar refractivity (Wildman–Crippen MR) is 82.7 cm³/mol. The molecule has 0 amide bonds. The Bertz CT molecular complexity index is 641. The molecule has 1 fully saturated rings. The number of hydrogen-bond donors (Lipinski definition) is 2. The highest BCUT2D eigenvalue weighted by molar-refractivity contribution is 8.22. The highest BCUT2D eigenvalue weighted by Crippen LogP contribution is 2.30. The normalized spacial score (nSPS) is 25.0. The summed E-state index contributed by atoms with van der Waals surface area (Å²) >= 11 is 6.28. The zero-order valence-corrected chi connectivity index (χ0v) is 13.2. The van der Waals surface area contributed by atoms with Gasteiger partial charge in [-0.15, -0.1) is 0 Å². The Morgan fingerprint density at radius 1 is 1.67 bits per heavy atom. The van der Waals surface area contributed by atoms with Crippen molar-refractivity contribution in [3.05, 3.63) is 32.6 Å². The minimum Gasteiger partial charge on any atom is -0.472 e. The monoisotopic (exact) mass is 332 g/mol. The molecule has 0 spiro atoms. The minimum atomic E-state index is -0.611. The summed E-state index contributed by atoms with van der Waals surface area (Å²) in [5, 5.41) is 9.35. The lowest BCUT2D eigenvalue weighted by molar-refractivity contribution is -0.0429. The summed E-state index contributed by atoms with van der Waals surface area (Å²) in [6, 6.07) is 0. The van der Waals surface area contributed by atoms with Gasteiger partial charge in [0, 0.05) is 18.2 Å². The first-order valence-electron chi connectivity index (χ1n) is 6.29. The van der Waals surface area contributed by atoms with Crippen LogP contribution in [0.15, 0.2) is 15.8 Å². The Hall–Kier alpha value is -1.16. The molecular weight excluding hydrogens is 316 g/mol. The van der Waals surface area contributed by atoms with E-state index in [0.29, 0.717) is 16.4 Å². The number of thiocarbonyl (C=S) groups is 1. The van der Waals surface area contributed by atoms with Crippen LogP contribution in [0.25, 0.3) is 0 Å². The molecule has 2 N–H and O–H groups in total. The number of ether oxygens (including phenoxy) is 2. The third-order valence-electron chi connectivity index (χ3n) is 3.23. The van der Waals surface area contributed by atoms with Crippen LogP contribution >= 0.6 is 24.0 Å². The molecule has 0 aliphatic carbocycles. The molecule has 1 aromatic heterocycles. The van der Waals surface area contributed by atoms with Crippen LogP contribution in [0.2, 0.25) is 0 Å². The van der Waals surface area contributed by atoms with Crippen LogP contribution in [0.3, 0.4) is 0 Å². The lowest BCUT2D eigenvalue weighted by Crippen LogP contribution is -2.33. The summed E-state index contributed by atoms with van der Waals surface area (Å²) in [6.45, 7) is 1.36. The quantitative estimate of drug-likeness (QED) is 0.762. The molecule has 1 aromatic rings. The number of nitrogens with one attached hydrogen (secondary N) is 1. The summed E-state index contributed by atoms with van der Waals surface area (Å²) in [5.74, 6) is 0. The van der Waals surface area contributed by atoms with E-state index in [1.54, 1.807) is 13.2 Å². The summed E-state index contributed by atoms with van der Waals surface area (Å²) in [6.07, 6.45) is 1.98. The minimum absolute atomic E-state index is 0.241. The molecule has 3 atom stereocenters. The number of nitrogens with zero attached hydrogens (tertiary/aromatic N) is 1. The molecule has 7 nitrogen and oxygen atoms in total. The zero-order chi connectivity index (χ0) is 15.6. The molecule has 9 heteroatoms. The highest BCUT2D eigenvalue weighted by Gasteiger charge is 2.38. The van der Waals surface area contributed by atoms with Crippen LogP contribution in [-0.2, 0) is 9.47 Å². The third-order valence-corrected chi connectivity index (χ3v) is 4.26. The van der Waals surface area contributed by atoms with Gasteiger partial charge in [0.2, 0.25) is 4.38 Å². The molecule has 2 rings (SSSR count). The fraction of sp³-hybridized carbons (Fsp3) is 0.583. The van der Waals surface area contributed by atoms with E-state index in [1.807, 2.05) is 0 Å². The molecule has 1 aliphatic heterocycles. The first-order chi connectivity index (χ1) is 9.96. The van der Waals surface area contributed by atoms with Gasteiger partial charge in [-0.25, -0.2) is 4.79 Å². The highest BCUT2D eigenvalue weighted by atomic mass is 32.2. The number of rotatable bonds is 3. The molecule has 21 heavy (non-hydrogen) atoms. The average Bonchev–Trinajstić information content (AvgIpc) is 2.85. The van der Waals surface area contributed by atoms with Gasteiger partial charge in [0.1, 0.15) is 18.4 Å². The van der Waals surface area contributed by atoms with Crippen LogP contribution in [-0.4, -0.2) is 44.1 Å². The number of aryl methyl sites for hydroxylation is 1. The Labute approximate surface area is 130 Å². The predicted octanol–water partition coefficient (Wildman–Crippen LogP) is 0.158. The van der Waals surface area contributed by atoms with Crippen molar-refractivity contribution < 1.29 is 14.6 Å². The van der Waals surface area contributed by atoms with Gasteiger partial charge in [0.25, 0.3) is 5.56 Å². The maximum Gasteiger partial charge on any atom is 0.330 e. The number of aromatic amines is 1. The first-order valence-corrected chi connectivity index (χ1v) is 7.92. The maximum atomic E-state index is 11.9. The summed E-state index contributed by atoms with van der Waals surface area (Å²) in [4.78, 5) is 25.5. The van der Waals surface area contributed by atoms with Crippen LogP contribution in [0.5, 0.6) is 0 Å². The van der Waals surface area contributed by atoms with Gasteiger partial charge < -0.3 is 14.6 Å². The van der Waals surface area contributed by atoms with Gasteiger partial charge in [-0.2, -0.15) is 0 Å². The van der Waals surface area contributed by atoms with Crippen molar-refractivity contribution in [2.75, 3.05) is 12.9 Å². The Morgan fingerprint density at radius 3 is 3.00 bits per heavy atom. The number of hydrogen-bond acceptors (Lipinski definition) is 7. The van der Waals surface area contributed by atoms with Gasteiger partial charge in [0.15, 0.2) is 0 Å². The van der Waals surface area contributed by atoms with E-state index >= 15 is 0 Å². The number of aliphatic hydroxyl groups excluding tert-OH is 1. The molecule has 0 saturated carbocycles. The van der Waals surface area contributed by atoms with Gasteiger partial charge in [-0.05, 0) is 25.4 Å². The molecule has 1 aliphatic rings. The molecule has 0 aromatic carbocycles. The van der Waals surface area contributed by atoms with Crippen LogP contribution in [0, 0.1) is 6.92 Å². The fourth-order valence-corrected chi connectivity index (χ4v) is 2.47. The van der Waals surface area contributed by atoms with Crippen molar-refractivity contribution in [1.82, 2.24) is 9.55 Å². The van der Waals surface area contributed by atoms with Crippen molar-refractivity contribution in [3.8, 4) is 0 Å². The molecule has 2 heterocycles. The number of thioether (sulfide) groups is 1. The van der Waals surface area contributed by atoms with Crippen molar-refractivity contribution >= 4 is 28.4 Å². The fourth-order valence-electron chi connectivity index (χ4n) is 2.13. The lowest BCUT2D eigenvalue weighted by atomic mass is 10.2. The Kier molecular flexibility index (Phi) is 5.20. The smallest absolute Gasteiger partial charge is 0.330 e. The topological polar surface area (TPSA) is 93.6 Å². The van der Waals surface area contributed by atoms with Crippen molar-refractivity contribution in [2.45, 2.75) is 31.8 Å². The second-order valence-electron chi connectivity index (χ2n) is 4.64. The molecule has 116 valence electrons. The lowest BCUT2D eigenvalue weighted by Gasteiger charge is -2.16. The molecule has 0 unspecified atom stereocenters. The number of H-pyrrole nitrogens is 1. The first kappa shape index (κ1) is 16.2. The molecule has 1 saturated heterocycles. The van der Waals surface area contributed by atoms with E-state index < -0.39 is 29.7 Å². The van der Waals surface area contributed by atoms with Crippen molar-refractivity contribution in [3.63, 3.8) is 0 Å². The molecule has 0 radical (unpaired) electrons. The molecule has 0 bridgehead atoms. The number of aliphatic hydroxyl groups is 1. The van der Waals surface area contributed by atoms with Gasteiger partial charge in [-0.3, -0.25) is 14.3 Å². The summed E-state index contributed by atoms with van der Waals surface area (Å²) in [5.41, 5.74) is -0.576. The van der Waals surface area contributed by atoms with Crippen molar-refractivity contribution in [1.29, 1.82) is 0 Å². The Morgan fingerprint density at radius 2 is 2.38 bits per heavy atom. The summed E-state index contributed by atoms with van der Waals surface area (Å²) < 4.78 is 12.8. The van der Waals surface area contributed by atoms with E-state index in [4.69, 9.17) is 21.7 Å². The van der Waals surface area contributed by atoms with Gasteiger partial charge in [-0.1, -0.05) is 11.8 Å². The third kappa shape index (κ3) is 3.54. The van der Waals surface area contributed by atoms with E-state index in [0.717, 1.165) is 0 Å². The van der Waals surface area contributed by atoms with Crippen LogP contribution < -0.4 is 11.2 Å². The van der Waals surface area contributed by atoms with Crippen molar-refractivity contribution in [2.24, 2.45) is 0 Å². The van der Waals surface area contributed by atoms with E-state index in [-0.39, 0.29) is 6.61 Å². The van der Waals surface area contributed by atoms with Crippen LogP contribution in [0.1, 0.15) is 18.2 Å². The standard InChI is InChI=1S/C12H16N2O5S2/c1-6-4-14(11(17)13-10(6)16)9-3-7(8(5-15)18-9)19-12(20)21-2/h4,7-9,15H,3,5H2,1-2H3,(H,13,16,17)/t7-,8+,9+/m0/s1. The maximum absolute atomic E-state index is 11.9. The van der Waals surface area contributed by atoms with E-state index in [1.165, 1.54) is 22.5 Å². The largest absolute Gasteiger partial charge is 0.472 e. The van der Waals surface area contributed by atoms with Crippen LogP contribution in [0.4, 0.5) is 0 Å². The SMILES string of the molecule is CSC(=S)O[C@H]1C[C@H](n2cc(C)c(=O)[nH]c2=O)O[C@@H]1CO.